The lowest BCUT2D eigenvalue weighted by Crippen LogP contribution is -2.46. The number of hydrogen-bond acceptors (Lipinski definition) is 1. The van der Waals surface area contributed by atoms with Crippen molar-refractivity contribution in [3.63, 3.8) is 0 Å². The SMILES string of the molecule is CC(C)(CCBr)NC(=O)C1CCCCCCC1. The number of alkyl halides is 1. The van der Waals surface area contributed by atoms with Crippen LogP contribution in [0.2, 0.25) is 0 Å². The summed E-state index contributed by atoms with van der Waals surface area (Å²) < 4.78 is 0. The zero-order valence-electron chi connectivity index (χ0n) is 11.2. The molecule has 1 rings (SSSR count). The fraction of sp³-hybridized carbons (Fsp3) is 0.929. The summed E-state index contributed by atoms with van der Waals surface area (Å²) in [5.41, 5.74) is -0.0804. The molecule has 1 aliphatic rings. The van der Waals surface area contributed by atoms with Crippen molar-refractivity contribution in [3.05, 3.63) is 0 Å². The summed E-state index contributed by atoms with van der Waals surface area (Å²) >= 11 is 3.44. The average Bonchev–Trinajstić information content (AvgIpc) is 2.14. The van der Waals surface area contributed by atoms with E-state index >= 15 is 0 Å². The van der Waals surface area contributed by atoms with Gasteiger partial charge < -0.3 is 5.32 Å². The molecule has 0 spiro atoms. The lowest BCUT2D eigenvalue weighted by molar-refractivity contribution is -0.127. The van der Waals surface area contributed by atoms with Crippen molar-refractivity contribution in [1.29, 1.82) is 0 Å². The molecule has 0 radical (unpaired) electrons. The van der Waals surface area contributed by atoms with Crippen LogP contribution in [-0.2, 0) is 4.79 Å². The van der Waals surface area contributed by atoms with E-state index in [-0.39, 0.29) is 17.4 Å². The lowest BCUT2D eigenvalue weighted by atomic mass is 9.89. The van der Waals surface area contributed by atoms with E-state index in [0.717, 1.165) is 24.6 Å². The summed E-state index contributed by atoms with van der Waals surface area (Å²) in [6.07, 6.45) is 9.53. The standard InChI is InChI=1S/C14H26BrNO/c1-14(2,10-11-15)16-13(17)12-8-6-4-3-5-7-9-12/h12H,3-11H2,1-2H3,(H,16,17). The van der Waals surface area contributed by atoms with E-state index in [0.29, 0.717) is 0 Å². The number of rotatable bonds is 4. The van der Waals surface area contributed by atoms with Crippen LogP contribution in [0.25, 0.3) is 0 Å². The Morgan fingerprint density at radius 3 is 2.24 bits per heavy atom. The van der Waals surface area contributed by atoms with Gasteiger partial charge in [0.2, 0.25) is 5.91 Å². The van der Waals surface area contributed by atoms with Gasteiger partial charge in [-0.2, -0.15) is 0 Å². The van der Waals surface area contributed by atoms with Gasteiger partial charge in [-0.3, -0.25) is 4.79 Å². The first-order valence-corrected chi connectivity index (χ1v) is 8.05. The van der Waals surface area contributed by atoms with Gasteiger partial charge in [0.05, 0.1) is 0 Å². The van der Waals surface area contributed by atoms with Crippen molar-refractivity contribution in [2.75, 3.05) is 5.33 Å². The van der Waals surface area contributed by atoms with Gasteiger partial charge in [-0.1, -0.05) is 48.0 Å². The Hall–Kier alpha value is -0.0500. The molecule has 0 atom stereocenters. The molecule has 100 valence electrons. The molecule has 1 saturated carbocycles. The Labute approximate surface area is 114 Å². The normalized spacial score (nSPS) is 19.5. The third-order valence-electron chi connectivity index (χ3n) is 3.66. The maximum Gasteiger partial charge on any atom is 0.223 e. The van der Waals surface area contributed by atoms with Crippen LogP contribution >= 0.6 is 15.9 Å². The fourth-order valence-electron chi connectivity index (χ4n) is 2.45. The molecule has 1 fully saturated rings. The first-order valence-electron chi connectivity index (χ1n) is 6.93. The van der Waals surface area contributed by atoms with Gasteiger partial charge in [0.15, 0.2) is 0 Å². The molecule has 3 heteroatoms. The van der Waals surface area contributed by atoms with E-state index in [4.69, 9.17) is 0 Å². The van der Waals surface area contributed by atoms with E-state index in [1.807, 2.05) is 0 Å². The number of carbonyl (C=O) groups excluding carboxylic acids is 1. The zero-order valence-corrected chi connectivity index (χ0v) is 12.8. The molecule has 1 amide bonds. The summed E-state index contributed by atoms with van der Waals surface area (Å²) in [6, 6.07) is 0. The quantitative estimate of drug-likeness (QED) is 0.781. The van der Waals surface area contributed by atoms with Gasteiger partial charge in [-0.15, -0.1) is 0 Å². The summed E-state index contributed by atoms with van der Waals surface area (Å²) in [7, 11) is 0. The van der Waals surface area contributed by atoms with Crippen LogP contribution in [0.1, 0.15) is 65.2 Å². The molecular weight excluding hydrogens is 278 g/mol. The smallest absolute Gasteiger partial charge is 0.223 e. The largest absolute Gasteiger partial charge is 0.351 e. The highest BCUT2D eigenvalue weighted by Crippen LogP contribution is 2.23. The second-order valence-electron chi connectivity index (χ2n) is 5.85. The maximum absolute atomic E-state index is 12.2. The average molecular weight is 304 g/mol. The van der Waals surface area contributed by atoms with Crippen molar-refractivity contribution in [3.8, 4) is 0 Å². The lowest BCUT2D eigenvalue weighted by Gasteiger charge is -2.29. The monoisotopic (exact) mass is 303 g/mol. The van der Waals surface area contributed by atoms with Crippen molar-refractivity contribution in [2.24, 2.45) is 5.92 Å². The van der Waals surface area contributed by atoms with E-state index in [1.165, 1.54) is 32.1 Å². The number of amides is 1. The maximum atomic E-state index is 12.2. The molecule has 0 saturated heterocycles. The highest BCUT2D eigenvalue weighted by Gasteiger charge is 2.25. The first-order chi connectivity index (χ1) is 8.05. The Balaban J connectivity index is 2.44. The first kappa shape index (κ1) is 15.0. The molecule has 0 bridgehead atoms. The highest BCUT2D eigenvalue weighted by atomic mass is 79.9. The summed E-state index contributed by atoms with van der Waals surface area (Å²) in [4.78, 5) is 12.2. The molecule has 1 N–H and O–H groups in total. The Kier molecular flexibility index (Phi) is 6.53. The number of halogens is 1. The molecule has 0 aliphatic heterocycles. The minimum absolute atomic E-state index is 0.0804. The minimum atomic E-state index is -0.0804. The molecule has 2 nitrogen and oxygen atoms in total. The molecule has 0 aromatic heterocycles. The van der Waals surface area contributed by atoms with Crippen molar-refractivity contribution in [1.82, 2.24) is 5.32 Å². The zero-order chi connectivity index (χ0) is 12.7. The van der Waals surface area contributed by atoms with E-state index in [2.05, 4.69) is 35.1 Å². The summed E-state index contributed by atoms with van der Waals surface area (Å²) in [5, 5.41) is 4.14. The van der Waals surface area contributed by atoms with Crippen LogP contribution in [0.3, 0.4) is 0 Å². The molecule has 0 unspecified atom stereocenters. The van der Waals surface area contributed by atoms with E-state index < -0.39 is 0 Å². The van der Waals surface area contributed by atoms with E-state index in [9.17, 15) is 4.79 Å². The van der Waals surface area contributed by atoms with Gasteiger partial charge in [-0.25, -0.2) is 0 Å². The molecule has 0 heterocycles. The van der Waals surface area contributed by atoms with Crippen molar-refractivity contribution in [2.45, 2.75) is 70.8 Å². The predicted molar refractivity (Wildman–Crippen MR) is 76.4 cm³/mol. The van der Waals surface area contributed by atoms with Crippen molar-refractivity contribution >= 4 is 21.8 Å². The molecular formula is C14H26BrNO. The number of hydrogen-bond donors (Lipinski definition) is 1. The van der Waals surface area contributed by atoms with Gasteiger partial charge in [0, 0.05) is 16.8 Å². The summed E-state index contributed by atoms with van der Waals surface area (Å²) in [6.45, 7) is 4.21. The molecule has 1 aliphatic carbocycles. The molecule has 17 heavy (non-hydrogen) atoms. The number of nitrogens with one attached hydrogen (secondary N) is 1. The van der Waals surface area contributed by atoms with Crippen molar-refractivity contribution < 1.29 is 4.79 Å². The predicted octanol–water partition coefficient (Wildman–Crippen LogP) is 4.03. The van der Waals surface area contributed by atoms with Gasteiger partial charge in [-0.05, 0) is 33.1 Å². The van der Waals surface area contributed by atoms with Crippen LogP contribution in [0.5, 0.6) is 0 Å². The van der Waals surface area contributed by atoms with Gasteiger partial charge in [0.25, 0.3) is 0 Å². The Morgan fingerprint density at radius 1 is 1.18 bits per heavy atom. The van der Waals surface area contributed by atoms with E-state index in [1.54, 1.807) is 0 Å². The van der Waals surface area contributed by atoms with Crippen LogP contribution in [0.4, 0.5) is 0 Å². The van der Waals surface area contributed by atoms with Crippen LogP contribution in [-0.4, -0.2) is 16.8 Å². The van der Waals surface area contributed by atoms with Gasteiger partial charge >= 0.3 is 0 Å². The second-order valence-corrected chi connectivity index (χ2v) is 6.65. The van der Waals surface area contributed by atoms with Crippen LogP contribution in [0.15, 0.2) is 0 Å². The topological polar surface area (TPSA) is 29.1 Å². The van der Waals surface area contributed by atoms with Crippen LogP contribution < -0.4 is 5.32 Å². The highest BCUT2D eigenvalue weighted by molar-refractivity contribution is 9.09. The molecule has 0 aromatic carbocycles. The summed E-state index contributed by atoms with van der Waals surface area (Å²) in [5.74, 6) is 0.530. The third kappa shape index (κ3) is 5.89. The second kappa shape index (κ2) is 7.40. The minimum Gasteiger partial charge on any atom is -0.351 e. The molecule has 0 aromatic rings. The number of carbonyl (C=O) groups is 1. The Bertz CT molecular complexity index is 232. The fourth-order valence-corrected chi connectivity index (χ4v) is 3.44. The van der Waals surface area contributed by atoms with Gasteiger partial charge in [0.1, 0.15) is 0 Å². The van der Waals surface area contributed by atoms with Crippen LogP contribution in [0, 0.1) is 5.92 Å². The Morgan fingerprint density at radius 2 is 1.71 bits per heavy atom. The third-order valence-corrected chi connectivity index (χ3v) is 4.05.